The third-order valence-corrected chi connectivity index (χ3v) is 4.49. The van der Waals surface area contributed by atoms with Crippen molar-refractivity contribution in [2.45, 2.75) is 26.4 Å². The van der Waals surface area contributed by atoms with Crippen molar-refractivity contribution in [3.05, 3.63) is 46.5 Å². The van der Waals surface area contributed by atoms with Crippen LogP contribution in [0.2, 0.25) is 0 Å². The molecule has 0 aliphatic carbocycles. The van der Waals surface area contributed by atoms with Gasteiger partial charge in [-0.3, -0.25) is 0 Å². The summed E-state index contributed by atoms with van der Waals surface area (Å²) in [7, 11) is 3.14. The lowest BCUT2D eigenvalue weighted by Gasteiger charge is -2.12. The van der Waals surface area contributed by atoms with Crippen molar-refractivity contribution in [2.75, 3.05) is 24.7 Å². The quantitative estimate of drug-likeness (QED) is 0.210. The number of urea groups is 1. The van der Waals surface area contributed by atoms with Crippen LogP contribution in [0.5, 0.6) is 11.5 Å². The van der Waals surface area contributed by atoms with Crippen molar-refractivity contribution < 1.29 is 35.4 Å². The molecule has 0 atom stereocenters. The molecule has 11 nitrogen and oxygen atoms in total. The van der Waals surface area contributed by atoms with Crippen LogP contribution >= 0.6 is 12.2 Å². The highest BCUT2D eigenvalue weighted by molar-refractivity contribution is 7.80. The van der Waals surface area contributed by atoms with Gasteiger partial charge in [0.1, 0.15) is 11.5 Å². The summed E-state index contributed by atoms with van der Waals surface area (Å²) in [6.07, 6.45) is 0. The highest BCUT2D eigenvalue weighted by atomic mass is 32.1. The first-order chi connectivity index (χ1) is 15.2. The van der Waals surface area contributed by atoms with Crippen LogP contribution in [-0.2, 0) is 26.4 Å². The van der Waals surface area contributed by atoms with Gasteiger partial charge in [-0.05, 0) is 36.5 Å². The van der Waals surface area contributed by atoms with Crippen LogP contribution in [0.15, 0.2) is 24.3 Å². The Hall–Kier alpha value is -3.16. The number of thiocarbonyl (C=S) groups is 1. The van der Waals surface area contributed by atoms with Crippen LogP contribution in [-0.4, -0.2) is 55.9 Å². The summed E-state index contributed by atoms with van der Waals surface area (Å²) in [5, 5.41) is 66.1. The van der Waals surface area contributed by atoms with Crippen molar-refractivity contribution in [2.24, 2.45) is 0 Å². The molecule has 0 aromatic heterocycles. The molecular formula is C20H28N4O7S. The molecule has 0 aliphatic heterocycles. The number of rotatable bonds is 6. The molecule has 0 heterocycles. The van der Waals surface area contributed by atoms with Crippen molar-refractivity contribution in [1.29, 1.82) is 0 Å². The van der Waals surface area contributed by atoms with Crippen molar-refractivity contribution >= 4 is 34.7 Å². The van der Waals surface area contributed by atoms with E-state index in [1.165, 1.54) is 19.2 Å². The number of amides is 2. The van der Waals surface area contributed by atoms with Gasteiger partial charge in [-0.1, -0.05) is 0 Å². The largest absolute Gasteiger partial charge is 0.507 e. The molecule has 176 valence electrons. The number of carbonyl (C=O) groups is 1. The molecule has 10 N–H and O–H groups in total. The van der Waals surface area contributed by atoms with Gasteiger partial charge in [0.15, 0.2) is 5.11 Å². The fourth-order valence-electron chi connectivity index (χ4n) is 2.53. The van der Waals surface area contributed by atoms with Crippen molar-refractivity contribution in [1.82, 2.24) is 10.6 Å². The summed E-state index contributed by atoms with van der Waals surface area (Å²) in [4.78, 5) is 11.1. The molecule has 0 saturated carbocycles. The van der Waals surface area contributed by atoms with Gasteiger partial charge in [0.05, 0.1) is 26.4 Å². The topological polar surface area (TPSA) is 187 Å². The Kier molecular flexibility index (Phi) is 11.2. The minimum Gasteiger partial charge on any atom is -0.507 e. The number of hydrogen-bond donors (Lipinski definition) is 10. The Morgan fingerprint density at radius 3 is 1.34 bits per heavy atom. The number of carbonyl (C=O) groups excluding carboxylic acids is 1. The Balaban J connectivity index is 0.000000320. The summed E-state index contributed by atoms with van der Waals surface area (Å²) in [5.74, 6) is -0.251. The molecule has 0 aliphatic rings. The summed E-state index contributed by atoms with van der Waals surface area (Å²) in [6.45, 7) is -1.36. The van der Waals surface area contributed by atoms with Gasteiger partial charge in [-0.25, -0.2) is 4.79 Å². The van der Waals surface area contributed by atoms with Crippen LogP contribution in [0.3, 0.4) is 0 Å². The zero-order valence-electron chi connectivity index (χ0n) is 17.6. The van der Waals surface area contributed by atoms with E-state index >= 15 is 0 Å². The molecule has 2 amide bonds. The molecule has 2 rings (SSSR count). The Labute approximate surface area is 190 Å². The number of hydrogen-bond acceptors (Lipinski definition) is 8. The van der Waals surface area contributed by atoms with E-state index in [4.69, 9.17) is 32.6 Å². The van der Waals surface area contributed by atoms with E-state index in [0.29, 0.717) is 27.6 Å². The molecule has 0 saturated heterocycles. The van der Waals surface area contributed by atoms with Gasteiger partial charge in [-0.2, -0.15) is 0 Å². The van der Waals surface area contributed by atoms with E-state index in [2.05, 4.69) is 21.3 Å². The number of benzene rings is 2. The lowest BCUT2D eigenvalue weighted by Crippen LogP contribution is -2.24. The first kappa shape index (κ1) is 26.9. The second kappa shape index (κ2) is 13.3. The molecule has 2 aromatic carbocycles. The average molecular weight is 469 g/mol. The number of aliphatic hydroxyl groups is 4. The maximum absolute atomic E-state index is 11.1. The smallest absolute Gasteiger partial charge is 0.318 e. The van der Waals surface area contributed by atoms with Crippen LogP contribution in [0.1, 0.15) is 22.3 Å². The number of phenols is 2. The van der Waals surface area contributed by atoms with Gasteiger partial charge in [0.2, 0.25) is 0 Å². The highest BCUT2D eigenvalue weighted by Crippen LogP contribution is 2.28. The Morgan fingerprint density at radius 1 is 0.719 bits per heavy atom. The lowest BCUT2D eigenvalue weighted by atomic mass is 10.1. The summed E-state index contributed by atoms with van der Waals surface area (Å²) < 4.78 is 0. The summed E-state index contributed by atoms with van der Waals surface area (Å²) in [6, 6.07) is 5.59. The predicted molar refractivity (Wildman–Crippen MR) is 123 cm³/mol. The molecule has 12 heteroatoms. The van der Waals surface area contributed by atoms with Crippen molar-refractivity contribution in [3.8, 4) is 11.5 Å². The maximum atomic E-state index is 11.1. The van der Waals surface area contributed by atoms with E-state index in [0.717, 1.165) is 0 Å². The average Bonchev–Trinajstić information content (AvgIpc) is 2.80. The van der Waals surface area contributed by atoms with Crippen LogP contribution in [0.4, 0.5) is 16.2 Å². The fraction of sp³-hybridized carbons (Fsp3) is 0.300. The normalized spacial score (nSPS) is 9.94. The zero-order chi connectivity index (χ0) is 24.3. The number of aromatic hydroxyl groups is 2. The monoisotopic (exact) mass is 468 g/mol. The van der Waals surface area contributed by atoms with E-state index in [1.54, 1.807) is 19.2 Å². The van der Waals surface area contributed by atoms with Crippen LogP contribution < -0.4 is 21.3 Å². The molecular weight excluding hydrogens is 440 g/mol. The lowest BCUT2D eigenvalue weighted by molar-refractivity contribution is 0.253. The Morgan fingerprint density at radius 2 is 1.06 bits per heavy atom. The number of aliphatic hydroxyl groups excluding tert-OH is 4. The van der Waals surface area contributed by atoms with E-state index in [9.17, 15) is 15.0 Å². The second-order valence-corrected chi connectivity index (χ2v) is 6.74. The fourth-order valence-corrected chi connectivity index (χ4v) is 2.65. The van der Waals surface area contributed by atoms with Crippen molar-refractivity contribution in [3.63, 3.8) is 0 Å². The van der Waals surface area contributed by atoms with Gasteiger partial charge < -0.3 is 51.9 Å². The molecule has 0 bridgehead atoms. The summed E-state index contributed by atoms with van der Waals surface area (Å²) in [5.41, 5.74) is 2.17. The molecule has 2 aromatic rings. The first-order valence-corrected chi connectivity index (χ1v) is 9.75. The van der Waals surface area contributed by atoms with E-state index < -0.39 is 6.03 Å². The van der Waals surface area contributed by atoms with E-state index in [1.807, 2.05) is 0 Å². The third-order valence-electron chi connectivity index (χ3n) is 4.19. The Bertz CT molecular complexity index is 815. The molecule has 0 spiro atoms. The van der Waals surface area contributed by atoms with Crippen LogP contribution in [0.25, 0.3) is 0 Å². The van der Waals surface area contributed by atoms with Crippen LogP contribution in [0, 0.1) is 0 Å². The minimum atomic E-state index is -0.418. The zero-order valence-corrected chi connectivity index (χ0v) is 18.5. The van der Waals surface area contributed by atoms with Gasteiger partial charge in [-0.15, -0.1) is 0 Å². The van der Waals surface area contributed by atoms with E-state index in [-0.39, 0.29) is 49.1 Å². The minimum absolute atomic E-state index is 0.0917. The standard InChI is InChI=1S/C10H14N2O4.C10H14N2O3S/c2*1-11-10(16)12-8-2-6(4-13)9(15)7(3-8)5-14/h2*2-3,13-15H,4-5H2,1H3,(H2,11,12,16). The summed E-state index contributed by atoms with van der Waals surface area (Å²) >= 11 is 4.92. The van der Waals surface area contributed by atoms with Gasteiger partial charge >= 0.3 is 6.03 Å². The van der Waals surface area contributed by atoms with Gasteiger partial charge in [0, 0.05) is 47.7 Å². The molecule has 0 unspecified atom stereocenters. The predicted octanol–water partition coefficient (Wildman–Crippen LogP) is 0.421. The van der Waals surface area contributed by atoms with Gasteiger partial charge in [0.25, 0.3) is 0 Å². The molecule has 0 fully saturated rings. The molecule has 32 heavy (non-hydrogen) atoms. The SMILES string of the molecule is CNC(=O)Nc1cc(CO)c(O)c(CO)c1.CNC(=S)Nc1cc(CO)c(O)c(CO)c1. The number of nitrogens with one attached hydrogen (secondary N) is 4. The molecule has 0 radical (unpaired) electrons. The second-order valence-electron chi connectivity index (χ2n) is 6.33. The number of anilines is 2. The maximum Gasteiger partial charge on any atom is 0.318 e. The first-order valence-electron chi connectivity index (χ1n) is 9.34. The third kappa shape index (κ3) is 7.51. The highest BCUT2D eigenvalue weighted by Gasteiger charge is 2.10.